The van der Waals surface area contributed by atoms with Crippen LogP contribution in [0.3, 0.4) is 0 Å². The van der Waals surface area contributed by atoms with Gasteiger partial charge in [-0.15, -0.1) is 0 Å². The average Bonchev–Trinajstić information content (AvgIpc) is 2.79. The van der Waals surface area contributed by atoms with Crippen LogP contribution in [-0.2, 0) is 19.9 Å². The van der Waals surface area contributed by atoms with E-state index in [9.17, 15) is 16.8 Å². The van der Waals surface area contributed by atoms with E-state index in [2.05, 4.69) is 21.4 Å². The average molecular weight is 482 g/mol. The summed E-state index contributed by atoms with van der Waals surface area (Å²) in [7, 11) is -6.90. The molecule has 2 aromatic carbocycles. The van der Waals surface area contributed by atoms with Crippen molar-refractivity contribution in [1.82, 2.24) is 4.90 Å². The SMILES string of the molecule is CCN1CCN(c2ccccc2NS(=O)(=O)c2ccc(OCCS(=O)(=O)CC)cc2)CC1. The lowest BCUT2D eigenvalue weighted by molar-refractivity contribution is 0.271. The first-order valence-electron chi connectivity index (χ1n) is 10.8. The standard InChI is InChI=1S/C22H31N3O5S2/c1-3-24-13-15-25(16-14-24)22-8-6-5-7-21(22)23-32(28,29)20-11-9-19(10-12-20)30-17-18-31(26,27)4-2/h5-12,23H,3-4,13-18H2,1-2H3. The number of ether oxygens (including phenoxy) is 1. The number of piperazine rings is 1. The second kappa shape index (κ2) is 10.5. The molecule has 8 nitrogen and oxygen atoms in total. The number of anilines is 2. The Morgan fingerprint density at radius 3 is 2.19 bits per heavy atom. The Balaban J connectivity index is 1.68. The molecule has 0 aromatic heterocycles. The summed E-state index contributed by atoms with van der Waals surface area (Å²) >= 11 is 0. The number of hydrogen-bond acceptors (Lipinski definition) is 7. The molecule has 3 rings (SSSR count). The van der Waals surface area contributed by atoms with Crippen molar-refractivity contribution < 1.29 is 21.6 Å². The van der Waals surface area contributed by atoms with Crippen molar-refractivity contribution in [3.05, 3.63) is 48.5 Å². The minimum absolute atomic E-state index is 0.0270. The van der Waals surface area contributed by atoms with Crippen molar-refractivity contribution in [1.29, 1.82) is 0 Å². The number of rotatable bonds is 10. The Morgan fingerprint density at radius 1 is 0.906 bits per heavy atom. The summed E-state index contributed by atoms with van der Waals surface area (Å²) in [4.78, 5) is 4.67. The number of hydrogen-bond donors (Lipinski definition) is 1. The molecule has 0 spiro atoms. The number of sulfone groups is 1. The molecule has 1 aliphatic heterocycles. The first-order chi connectivity index (χ1) is 15.2. The first-order valence-corrected chi connectivity index (χ1v) is 14.1. The smallest absolute Gasteiger partial charge is 0.261 e. The minimum atomic E-state index is -3.79. The third kappa shape index (κ3) is 6.36. The van der Waals surface area contributed by atoms with Crippen molar-refractivity contribution in [2.24, 2.45) is 0 Å². The Hall–Kier alpha value is -2.30. The van der Waals surface area contributed by atoms with Gasteiger partial charge in [-0.25, -0.2) is 16.8 Å². The Morgan fingerprint density at radius 2 is 1.56 bits per heavy atom. The van der Waals surface area contributed by atoms with Gasteiger partial charge in [-0.3, -0.25) is 4.72 Å². The van der Waals surface area contributed by atoms with Gasteiger partial charge < -0.3 is 14.5 Å². The van der Waals surface area contributed by atoms with Gasteiger partial charge in [0, 0.05) is 31.9 Å². The molecule has 2 aromatic rings. The maximum atomic E-state index is 13.0. The molecule has 0 saturated carbocycles. The third-order valence-electron chi connectivity index (χ3n) is 5.55. The van der Waals surface area contributed by atoms with Crippen molar-refractivity contribution in [2.75, 3.05) is 60.5 Å². The van der Waals surface area contributed by atoms with Crippen LogP contribution in [0.15, 0.2) is 53.4 Å². The maximum Gasteiger partial charge on any atom is 0.261 e. The van der Waals surface area contributed by atoms with Crippen LogP contribution < -0.4 is 14.4 Å². The summed E-state index contributed by atoms with van der Waals surface area (Å²) in [6, 6.07) is 13.4. The highest BCUT2D eigenvalue weighted by Crippen LogP contribution is 2.29. The summed E-state index contributed by atoms with van der Waals surface area (Å²) < 4.78 is 57.2. The van der Waals surface area contributed by atoms with Crippen molar-refractivity contribution in [2.45, 2.75) is 18.7 Å². The zero-order chi connectivity index (χ0) is 23.2. The molecule has 0 unspecified atom stereocenters. The molecule has 1 saturated heterocycles. The van der Waals surface area contributed by atoms with Crippen LogP contribution in [0.5, 0.6) is 5.75 Å². The second-order valence-corrected chi connectivity index (χ2v) is 11.8. The lowest BCUT2D eigenvalue weighted by atomic mass is 10.2. The Kier molecular flexibility index (Phi) is 8.02. The van der Waals surface area contributed by atoms with Crippen LogP contribution >= 0.6 is 0 Å². The predicted molar refractivity (Wildman–Crippen MR) is 128 cm³/mol. The molecule has 176 valence electrons. The zero-order valence-corrected chi connectivity index (χ0v) is 20.2. The molecule has 1 aliphatic rings. The molecule has 10 heteroatoms. The highest BCUT2D eigenvalue weighted by molar-refractivity contribution is 7.92. The maximum absolute atomic E-state index is 13.0. The molecule has 0 radical (unpaired) electrons. The molecule has 1 fully saturated rings. The number of para-hydroxylation sites is 2. The fourth-order valence-electron chi connectivity index (χ4n) is 3.49. The summed E-state index contributed by atoms with van der Waals surface area (Å²) in [6.07, 6.45) is 0. The van der Waals surface area contributed by atoms with E-state index in [-0.39, 0.29) is 23.0 Å². The van der Waals surface area contributed by atoms with Gasteiger partial charge >= 0.3 is 0 Å². The van der Waals surface area contributed by atoms with Crippen molar-refractivity contribution in [3.8, 4) is 5.75 Å². The fraction of sp³-hybridized carbons (Fsp3) is 0.455. The van der Waals surface area contributed by atoms with Gasteiger partial charge in [0.05, 0.1) is 22.0 Å². The van der Waals surface area contributed by atoms with Gasteiger partial charge in [0.2, 0.25) is 0 Å². The quantitative estimate of drug-likeness (QED) is 0.557. The van der Waals surface area contributed by atoms with E-state index in [4.69, 9.17) is 4.74 Å². The molecular weight excluding hydrogens is 450 g/mol. The number of benzene rings is 2. The summed E-state index contributed by atoms with van der Waals surface area (Å²) in [5.41, 5.74) is 1.41. The van der Waals surface area contributed by atoms with Crippen molar-refractivity contribution >= 4 is 31.2 Å². The number of likely N-dealkylation sites (N-methyl/N-ethyl adjacent to an activating group) is 1. The monoisotopic (exact) mass is 481 g/mol. The predicted octanol–water partition coefficient (Wildman–Crippen LogP) is 2.44. The van der Waals surface area contributed by atoms with Crippen LogP contribution in [0, 0.1) is 0 Å². The molecule has 0 amide bonds. The number of nitrogens with zero attached hydrogens (tertiary/aromatic N) is 2. The van der Waals surface area contributed by atoms with Crippen LogP contribution in [0.1, 0.15) is 13.8 Å². The second-order valence-electron chi connectivity index (χ2n) is 7.60. The highest BCUT2D eigenvalue weighted by Gasteiger charge is 2.21. The minimum Gasteiger partial charge on any atom is -0.493 e. The van der Waals surface area contributed by atoms with E-state index in [0.717, 1.165) is 38.4 Å². The first kappa shape index (κ1) is 24.3. The highest BCUT2D eigenvalue weighted by atomic mass is 32.2. The Bertz CT molecular complexity index is 1090. The largest absolute Gasteiger partial charge is 0.493 e. The van der Waals surface area contributed by atoms with Crippen molar-refractivity contribution in [3.63, 3.8) is 0 Å². The molecule has 0 atom stereocenters. The van der Waals surface area contributed by atoms with Gasteiger partial charge in [-0.2, -0.15) is 0 Å². The molecule has 1 N–H and O–H groups in total. The van der Waals surface area contributed by atoms with Gasteiger partial charge in [0.1, 0.15) is 12.4 Å². The zero-order valence-electron chi connectivity index (χ0n) is 18.5. The normalized spacial score (nSPS) is 15.5. The third-order valence-corrected chi connectivity index (χ3v) is 8.60. The van der Waals surface area contributed by atoms with Gasteiger partial charge in [-0.1, -0.05) is 26.0 Å². The summed E-state index contributed by atoms with van der Waals surface area (Å²) in [6.45, 7) is 8.33. The van der Waals surface area contributed by atoms with Gasteiger partial charge in [0.25, 0.3) is 10.0 Å². The van der Waals surface area contributed by atoms with Gasteiger partial charge in [-0.05, 0) is 42.9 Å². The molecule has 1 heterocycles. The number of nitrogens with one attached hydrogen (secondary N) is 1. The van der Waals surface area contributed by atoms with Crippen LogP contribution in [0.2, 0.25) is 0 Å². The molecular formula is C22H31N3O5S2. The topological polar surface area (TPSA) is 96.0 Å². The number of sulfonamides is 1. The Labute approximate surface area is 191 Å². The fourth-order valence-corrected chi connectivity index (χ4v) is 5.19. The van der Waals surface area contributed by atoms with E-state index < -0.39 is 19.9 Å². The van der Waals surface area contributed by atoms with Gasteiger partial charge in [0.15, 0.2) is 9.84 Å². The van der Waals surface area contributed by atoms with E-state index in [0.29, 0.717) is 11.4 Å². The molecule has 32 heavy (non-hydrogen) atoms. The lowest BCUT2D eigenvalue weighted by Gasteiger charge is -2.36. The molecule has 0 bridgehead atoms. The van der Waals surface area contributed by atoms with E-state index >= 15 is 0 Å². The van der Waals surface area contributed by atoms with Crippen LogP contribution in [0.25, 0.3) is 0 Å². The lowest BCUT2D eigenvalue weighted by Crippen LogP contribution is -2.46. The van der Waals surface area contributed by atoms with E-state index in [1.54, 1.807) is 13.0 Å². The summed E-state index contributed by atoms with van der Waals surface area (Å²) in [5, 5.41) is 0. The van der Waals surface area contributed by atoms with Crippen LogP contribution in [-0.4, -0.2) is 72.6 Å². The van der Waals surface area contributed by atoms with E-state index in [1.165, 1.54) is 24.3 Å². The van der Waals surface area contributed by atoms with E-state index in [1.807, 2.05) is 18.2 Å². The van der Waals surface area contributed by atoms with Crippen LogP contribution in [0.4, 0.5) is 11.4 Å². The molecule has 0 aliphatic carbocycles. The summed E-state index contributed by atoms with van der Waals surface area (Å²) in [5.74, 6) is 0.410.